The summed E-state index contributed by atoms with van der Waals surface area (Å²) in [4.78, 5) is 31.1. The predicted octanol–water partition coefficient (Wildman–Crippen LogP) is 12.8. The van der Waals surface area contributed by atoms with Gasteiger partial charge in [-0.25, -0.2) is 0 Å². The molecule has 2 aromatic heterocycles. The molecule has 0 aliphatic carbocycles. The van der Waals surface area contributed by atoms with Crippen molar-refractivity contribution in [3.63, 3.8) is 0 Å². The summed E-state index contributed by atoms with van der Waals surface area (Å²) in [6, 6.07) is 10.9. The van der Waals surface area contributed by atoms with Crippen molar-refractivity contribution in [3.8, 4) is 35.0 Å². The fourth-order valence-electron chi connectivity index (χ4n) is 5.32. The largest absolute Gasteiger partial charge is 0.489 e. The second-order valence-electron chi connectivity index (χ2n) is 11.9. The molecule has 0 N–H and O–H groups in total. The average Bonchev–Trinajstić information content (AvgIpc) is 3.17. The van der Waals surface area contributed by atoms with Crippen LogP contribution in [0, 0.1) is 20.2 Å². The maximum Gasteiger partial charge on any atom is 0.331 e. The van der Waals surface area contributed by atoms with Gasteiger partial charge in [-0.2, -0.15) is 9.97 Å². The van der Waals surface area contributed by atoms with Crippen LogP contribution < -0.4 is 28.4 Å². The summed E-state index contributed by atoms with van der Waals surface area (Å²) in [5.41, 5.74) is -0.429. The minimum absolute atomic E-state index is 0.00431. The smallest absolute Gasteiger partial charge is 0.331 e. The lowest BCUT2D eigenvalue weighted by atomic mass is 10.1. The van der Waals surface area contributed by atoms with Gasteiger partial charge in [0.2, 0.25) is 11.8 Å². The lowest BCUT2D eigenvalue weighted by Gasteiger charge is -2.23. The van der Waals surface area contributed by atoms with Crippen LogP contribution in [0.25, 0.3) is 0 Å². The van der Waals surface area contributed by atoms with Crippen LogP contribution in [-0.2, 0) is 4.74 Å². The number of halogens is 8. The lowest BCUT2D eigenvalue weighted by Crippen LogP contribution is -2.17. The topological polar surface area (TPSA) is 177 Å². The standard InChI is InChI=1S/C38H34Cl8N4O11/c1-3-56-33-7-5-27(49(51)52)37(47-33)60-29(35-23(39)17-21(18-24(35)40)58-15-11-31(43)44)9-13-55-14-10-30(61-38-28(50(53)54)6-8-34(48-38)57-4-2)36-25(41)19-22(20-26(36)42)59-16-12-32(45)46/h5-8,11-12,17-20,29-30H,3-4,9-10,13-16H2,1-2H3. The summed E-state index contributed by atoms with van der Waals surface area (Å²) in [5, 5.41) is 24.4. The van der Waals surface area contributed by atoms with Gasteiger partial charge in [0.25, 0.3) is 11.8 Å². The van der Waals surface area contributed by atoms with Gasteiger partial charge in [0, 0.05) is 48.2 Å². The molecule has 0 aliphatic heterocycles. The highest BCUT2D eigenvalue weighted by atomic mass is 35.5. The SMILES string of the molecule is CCOc1ccc([N+](=O)[O-])c(OC(CCOCCC(Oc2nc(OCC)ccc2[N+](=O)[O-])c2c(Cl)cc(OCC=C(Cl)Cl)cc2Cl)c2c(Cl)cc(OCC=C(Cl)Cl)cc2Cl)n1. The van der Waals surface area contributed by atoms with E-state index in [0.717, 1.165) is 0 Å². The van der Waals surface area contributed by atoms with Gasteiger partial charge in [0.05, 0.1) is 56.4 Å². The number of ether oxygens (including phenoxy) is 7. The van der Waals surface area contributed by atoms with Crippen LogP contribution in [0.15, 0.2) is 69.7 Å². The third-order valence-electron chi connectivity index (χ3n) is 7.89. The van der Waals surface area contributed by atoms with Gasteiger partial charge < -0.3 is 33.2 Å². The van der Waals surface area contributed by atoms with Crippen molar-refractivity contribution in [1.82, 2.24) is 9.97 Å². The Labute approximate surface area is 389 Å². The third kappa shape index (κ3) is 15.2. The number of rotatable bonds is 24. The zero-order valence-electron chi connectivity index (χ0n) is 31.9. The number of hydrogen-bond acceptors (Lipinski definition) is 13. The van der Waals surface area contributed by atoms with E-state index >= 15 is 0 Å². The first-order chi connectivity index (χ1) is 29.1. The van der Waals surface area contributed by atoms with E-state index in [2.05, 4.69) is 9.97 Å². The van der Waals surface area contributed by atoms with E-state index in [-0.39, 0.29) is 128 Å². The average molecular weight is 1010 g/mol. The summed E-state index contributed by atoms with van der Waals surface area (Å²) in [6.45, 7) is 3.78. The summed E-state index contributed by atoms with van der Waals surface area (Å²) < 4.78 is 40.6. The Morgan fingerprint density at radius 2 is 0.984 bits per heavy atom. The van der Waals surface area contributed by atoms with Gasteiger partial charge >= 0.3 is 11.4 Å². The van der Waals surface area contributed by atoms with E-state index in [1.165, 1.54) is 60.7 Å². The molecule has 4 aromatic rings. The van der Waals surface area contributed by atoms with Gasteiger partial charge in [0.1, 0.15) is 45.9 Å². The van der Waals surface area contributed by atoms with Gasteiger partial charge in [-0.15, -0.1) is 0 Å². The van der Waals surface area contributed by atoms with Crippen LogP contribution in [0.3, 0.4) is 0 Å². The maximum atomic E-state index is 12.0. The Balaban J connectivity index is 1.65. The van der Waals surface area contributed by atoms with Gasteiger partial charge in [0.15, 0.2) is 0 Å². The molecule has 61 heavy (non-hydrogen) atoms. The van der Waals surface area contributed by atoms with Crippen LogP contribution in [0.4, 0.5) is 11.4 Å². The molecule has 0 saturated carbocycles. The van der Waals surface area contributed by atoms with Crippen molar-refractivity contribution < 1.29 is 43.0 Å². The summed E-state index contributed by atoms with van der Waals surface area (Å²) in [6.07, 6.45) is 0.655. The van der Waals surface area contributed by atoms with E-state index in [0.29, 0.717) is 0 Å². The molecule has 2 aromatic carbocycles. The van der Waals surface area contributed by atoms with Gasteiger partial charge in [-0.3, -0.25) is 20.2 Å². The lowest BCUT2D eigenvalue weighted by molar-refractivity contribution is -0.386. The molecule has 2 atom stereocenters. The predicted molar refractivity (Wildman–Crippen MR) is 234 cm³/mol. The van der Waals surface area contributed by atoms with Gasteiger partial charge in [-0.1, -0.05) is 92.8 Å². The maximum absolute atomic E-state index is 12.0. The molecule has 328 valence electrons. The third-order valence-corrected chi connectivity index (χ3v) is 9.76. The van der Waals surface area contributed by atoms with Crippen molar-refractivity contribution in [2.45, 2.75) is 38.9 Å². The normalized spacial score (nSPS) is 11.8. The molecule has 0 radical (unpaired) electrons. The fraction of sp³-hybridized carbons (Fsp3) is 0.316. The Kier molecular flexibility index (Phi) is 20.1. The Bertz CT molecular complexity index is 2030. The summed E-state index contributed by atoms with van der Waals surface area (Å²) in [5.74, 6) is -0.0562. The van der Waals surface area contributed by atoms with Crippen LogP contribution in [-0.4, -0.2) is 59.5 Å². The molecule has 0 saturated heterocycles. The molecule has 2 unspecified atom stereocenters. The second kappa shape index (κ2) is 24.7. The van der Waals surface area contributed by atoms with E-state index in [4.69, 9.17) is 126 Å². The molecule has 0 spiro atoms. The number of nitro groups is 2. The molecular weight excluding hydrogens is 972 g/mol. The molecular formula is C38H34Cl8N4O11. The molecule has 2 heterocycles. The van der Waals surface area contributed by atoms with Crippen molar-refractivity contribution in [1.29, 1.82) is 0 Å². The van der Waals surface area contributed by atoms with E-state index in [1.54, 1.807) is 13.8 Å². The molecule has 0 fully saturated rings. The van der Waals surface area contributed by atoms with Crippen molar-refractivity contribution in [3.05, 3.63) is 121 Å². The van der Waals surface area contributed by atoms with Crippen LogP contribution in [0.2, 0.25) is 20.1 Å². The monoisotopic (exact) mass is 1000 g/mol. The fourth-order valence-corrected chi connectivity index (χ4v) is 7.00. The first-order valence-electron chi connectivity index (χ1n) is 17.8. The molecule has 15 nitrogen and oxygen atoms in total. The molecule has 4 rings (SSSR count). The molecule has 0 amide bonds. The highest BCUT2D eigenvalue weighted by Gasteiger charge is 2.29. The Morgan fingerprint density at radius 3 is 1.30 bits per heavy atom. The quantitative estimate of drug-likeness (QED) is 0.0368. The van der Waals surface area contributed by atoms with Crippen molar-refractivity contribution >= 4 is 104 Å². The number of benzene rings is 2. The van der Waals surface area contributed by atoms with Crippen LogP contribution in [0.1, 0.15) is 50.0 Å². The second-order valence-corrected chi connectivity index (χ2v) is 15.6. The van der Waals surface area contributed by atoms with Crippen molar-refractivity contribution in [2.75, 3.05) is 39.6 Å². The minimum Gasteiger partial charge on any atom is -0.489 e. The van der Waals surface area contributed by atoms with Crippen molar-refractivity contribution in [2.24, 2.45) is 0 Å². The molecule has 0 aliphatic rings. The van der Waals surface area contributed by atoms with Crippen LogP contribution >= 0.6 is 92.8 Å². The number of aromatic nitrogens is 2. The Hall–Kier alpha value is -3.90. The van der Waals surface area contributed by atoms with E-state index in [9.17, 15) is 20.2 Å². The number of pyridine rings is 2. The highest BCUT2D eigenvalue weighted by Crippen LogP contribution is 2.42. The van der Waals surface area contributed by atoms with E-state index in [1.807, 2.05) is 0 Å². The van der Waals surface area contributed by atoms with Crippen LogP contribution in [0.5, 0.6) is 35.0 Å². The minimum atomic E-state index is -1.09. The first kappa shape index (κ1) is 49.8. The number of nitrogens with zero attached hydrogens (tertiary/aromatic N) is 4. The molecule has 23 heteroatoms. The Morgan fingerprint density at radius 1 is 0.623 bits per heavy atom. The van der Waals surface area contributed by atoms with E-state index < -0.39 is 33.4 Å². The highest BCUT2D eigenvalue weighted by molar-refractivity contribution is 6.56. The van der Waals surface area contributed by atoms with Gasteiger partial charge in [-0.05, 0) is 50.3 Å². The zero-order valence-corrected chi connectivity index (χ0v) is 37.9. The summed E-state index contributed by atoms with van der Waals surface area (Å²) in [7, 11) is 0. The summed E-state index contributed by atoms with van der Waals surface area (Å²) >= 11 is 49.7. The molecule has 0 bridgehead atoms. The zero-order chi connectivity index (χ0) is 44.6. The number of hydrogen-bond donors (Lipinski definition) is 0. The first-order valence-corrected chi connectivity index (χ1v) is 20.9.